The molecule has 208 valence electrons. The van der Waals surface area contributed by atoms with Crippen molar-refractivity contribution in [1.82, 2.24) is 0 Å². The summed E-state index contributed by atoms with van der Waals surface area (Å²) in [6.45, 7) is -0.143. The number of benzene rings is 6. The number of hydrogen-bond acceptors (Lipinski definition) is 2. The molecule has 0 radical (unpaired) electrons. The van der Waals surface area contributed by atoms with Crippen LogP contribution in [0.4, 0.5) is 17.1 Å². The molecule has 0 fully saturated rings. The third-order valence-corrected chi connectivity index (χ3v) is 8.73. The molecule has 0 unspecified atom stereocenters. The topological polar surface area (TPSA) is 15.3 Å². The van der Waals surface area contributed by atoms with Crippen molar-refractivity contribution in [2.45, 2.75) is 5.92 Å². The Morgan fingerprint density at radius 1 is 0.523 bits per heavy atom. The van der Waals surface area contributed by atoms with E-state index in [-0.39, 0.29) is 12.9 Å². The van der Waals surface area contributed by atoms with E-state index >= 15 is 0 Å². The zero-order valence-corrected chi connectivity index (χ0v) is 24.3. The Morgan fingerprint density at radius 3 is 1.82 bits per heavy atom. The van der Waals surface area contributed by atoms with Gasteiger partial charge in [0.05, 0.1) is 0 Å². The first-order valence-electron chi connectivity index (χ1n) is 15.3. The van der Waals surface area contributed by atoms with E-state index in [1.165, 1.54) is 50.1 Å². The maximum Gasteiger partial charge on any atom is 0.414 e. The molecular weight excluding hydrogens is 531 g/mol. The normalized spacial score (nSPS) is 13.5. The fourth-order valence-corrected chi connectivity index (χ4v) is 6.75. The van der Waals surface area contributed by atoms with E-state index in [0.29, 0.717) is 0 Å². The van der Waals surface area contributed by atoms with Crippen LogP contribution in [0.1, 0.15) is 11.5 Å². The van der Waals surface area contributed by atoms with Gasteiger partial charge in [0, 0.05) is 28.5 Å². The molecule has 0 aromatic heterocycles. The van der Waals surface area contributed by atoms with Crippen LogP contribution in [0, 0.1) is 0 Å². The summed E-state index contributed by atoms with van der Waals surface area (Å²) in [4.78, 5) is 2.51. The first-order valence-corrected chi connectivity index (χ1v) is 15.3. The van der Waals surface area contributed by atoms with Crippen molar-refractivity contribution in [3.05, 3.63) is 182 Å². The standard InChI is InChI=1S/C41H31BN2/c1-5-16-30(17-6-1)33-28-38(32-18-7-2-8-19-32)40-37-27-15-26-36(31-20-13-14-21-31)41(37)42(43-34-22-9-3-10-23-34)44(39(40)29-33)35-24-11-4-12-25-35/h1-29,31,43H. The summed E-state index contributed by atoms with van der Waals surface area (Å²) in [5, 5.41) is 3.99. The predicted molar refractivity (Wildman–Crippen MR) is 188 cm³/mol. The molecule has 2 nitrogen and oxygen atoms in total. The second-order valence-electron chi connectivity index (χ2n) is 11.4. The van der Waals surface area contributed by atoms with E-state index in [1.54, 1.807) is 0 Å². The summed E-state index contributed by atoms with van der Waals surface area (Å²) in [5.74, 6) is 0.216. The van der Waals surface area contributed by atoms with Crippen molar-refractivity contribution in [2.24, 2.45) is 0 Å². The first-order chi connectivity index (χ1) is 21.8. The largest absolute Gasteiger partial charge is 0.414 e. The number of anilines is 3. The first kappa shape index (κ1) is 26.1. The fraction of sp³-hybridized carbons (Fsp3) is 0.0244. The van der Waals surface area contributed by atoms with Gasteiger partial charge in [0.2, 0.25) is 0 Å². The van der Waals surface area contributed by atoms with Crippen molar-refractivity contribution >= 4 is 29.5 Å². The molecule has 1 aliphatic heterocycles. The Labute approximate surface area is 259 Å². The SMILES string of the molecule is C1=CC(c2cccc3c2B(Nc2ccccc2)N(c2ccccc2)c2cc(-c4ccccc4)cc(-c4ccccc4)c2-3)C=C1. The van der Waals surface area contributed by atoms with E-state index in [9.17, 15) is 0 Å². The molecule has 44 heavy (non-hydrogen) atoms. The van der Waals surface area contributed by atoms with Crippen LogP contribution in [-0.2, 0) is 0 Å². The minimum Gasteiger partial charge on any atom is -0.405 e. The second-order valence-corrected chi connectivity index (χ2v) is 11.4. The second kappa shape index (κ2) is 11.3. The van der Waals surface area contributed by atoms with Crippen LogP contribution in [0.5, 0.6) is 0 Å². The zero-order valence-electron chi connectivity index (χ0n) is 24.3. The molecule has 0 spiro atoms. The predicted octanol–water partition coefficient (Wildman–Crippen LogP) is 9.86. The highest BCUT2D eigenvalue weighted by Crippen LogP contribution is 2.48. The lowest BCUT2D eigenvalue weighted by Gasteiger charge is -2.41. The molecule has 8 rings (SSSR count). The molecule has 1 N–H and O–H groups in total. The molecule has 0 atom stereocenters. The Morgan fingerprint density at radius 2 is 1.14 bits per heavy atom. The van der Waals surface area contributed by atoms with Crippen LogP contribution in [0.15, 0.2) is 176 Å². The molecule has 6 aromatic rings. The Kier molecular flexibility index (Phi) is 6.69. The van der Waals surface area contributed by atoms with Gasteiger partial charge in [0.1, 0.15) is 0 Å². The lowest BCUT2D eigenvalue weighted by atomic mass is 9.56. The number of nitrogens with zero attached hydrogens (tertiary/aromatic N) is 1. The van der Waals surface area contributed by atoms with Gasteiger partial charge in [-0.3, -0.25) is 0 Å². The van der Waals surface area contributed by atoms with E-state index in [4.69, 9.17) is 0 Å². The van der Waals surface area contributed by atoms with E-state index in [2.05, 4.69) is 186 Å². The van der Waals surface area contributed by atoms with E-state index in [0.717, 1.165) is 11.4 Å². The molecule has 0 saturated heterocycles. The van der Waals surface area contributed by atoms with Gasteiger partial charge in [-0.2, -0.15) is 0 Å². The van der Waals surface area contributed by atoms with Gasteiger partial charge in [-0.05, 0) is 75.2 Å². The highest BCUT2D eigenvalue weighted by molar-refractivity contribution is 6.83. The highest BCUT2D eigenvalue weighted by atomic mass is 15.2. The summed E-state index contributed by atoms with van der Waals surface area (Å²) in [6, 6.07) is 54.6. The number of allylic oxidation sites excluding steroid dienone is 4. The maximum atomic E-state index is 3.99. The molecule has 0 bridgehead atoms. The Balaban J connectivity index is 1.48. The van der Waals surface area contributed by atoms with Crippen molar-refractivity contribution < 1.29 is 0 Å². The molecule has 6 aromatic carbocycles. The molecule has 1 heterocycles. The van der Waals surface area contributed by atoms with Gasteiger partial charge in [0.25, 0.3) is 0 Å². The number of hydrogen-bond donors (Lipinski definition) is 1. The molecule has 0 amide bonds. The van der Waals surface area contributed by atoms with Crippen molar-refractivity contribution in [1.29, 1.82) is 0 Å². The molecule has 0 saturated carbocycles. The van der Waals surface area contributed by atoms with Crippen LogP contribution in [0.2, 0.25) is 0 Å². The Hall–Kier alpha value is -5.54. The minimum absolute atomic E-state index is 0.143. The van der Waals surface area contributed by atoms with Gasteiger partial charge in [-0.25, -0.2) is 0 Å². The summed E-state index contributed by atoms with van der Waals surface area (Å²) in [6.07, 6.45) is 8.93. The zero-order chi connectivity index (χ0) is 29.3. The lowest BCUT2D eigenvalue weighted by molar-refractivity contribution is 1.11. The van der Waals surface area contributed by atoms with Gasteiger partial charge in [-0.15, -0.1) is 0 Å². The van der Waals surface area contributed by atoms with Crippen LogP contribution < -0.4 is 15.5 Å². The summed E-state index contributed by atoms with van der Waals surface area (Å²) in [5.41, 5.74) is 13.4. The van der Waals surface area contributed by atoms with Crippen molar-refractivity contribution in [3.63, 3.8) is 0 Å². The summed E-state index contributed by atoms with van der Waals surface area (Å²) >= 11 is 0. The number of nitrogens with one attached hydrogen (secondary N) is 1. The summed E-state index contributed by atoms with van der Waals surface area (Å²) < 4.78 is 0. The number of fused-ring (bicyclic) bond motifs is 3. The number of para-hydroxylation sites is 2. The van der Waals surface area contributed by atoms with E-state index < -0.39 is 0 Å². The van der Waals surface area contributed by atoms with E-state index in [1.807, 2.05) is 0 Å². The molecule has 3 heteroatoms. The van der Waals surface area contributed by atoms with Crippen molar-refractivity contribution in [2.75, 3.05) is 10.0 Å². The fourth-order valence-electron chi connectivity index (χ4n) is 6.75. The number of rotatable bonds is 6. The third-order valence-electron chi connectivity index (χ3n) is 8.73. The quantitative estimate of drug-likeness (QED) is 0.203. The maximum absolute atomic E-state index is 3.99. The van der Waals surface area contributed by atoms with Crippen LogP contribution in [0.3, 0.4) is 0 Å². The minimum atomic E-state index is -0.143. The average Bonchev–Trinajstić information content (AvgIpc) is 3.64. The molecular formula is C41H31BN2. The monoisotopic (exact) mass is 562 g/mol. The molecule has 2 aliphatic rings. The molecule has 1 aliphatic carbocycles. The smallest absolute Gasteiger partial charge is 0.405 e. The summed E-state index contributed by atoms with van der Waals surface area (Å²) in [7, 11) is 0. The lowest BCUT2D eigenvalue weighted by Crippen LogP contribution is -2.56. The van der Waals surface area contributed by atoms with Crippen LogP contribution >= 0.6 is 0 Å². The highest BCUT2D eigenvalue weighted by Gasteiger charge is 2.40. The van der Waals surface area contributed by atoms with Gasteiger partial charge in [0.15, 0.2) is 0 Å². The average molecular weight is 563 g/mol. The van der Waals surface area contributed by atoms with Gasteiger partial charge in [-0.1, -0.05) is 140 Å². The Bertz CT molecular complexity index is 1970. The van der Waals surface area contributed by atoms with Gasteiger partial charge < -0.3 is 10.0 Å². The van der Waals surface area contributed by atoms with Gasteiger partial charge >= 0.3 is 6.98 Å². The van der Waals surface area contributed by atoms with Crippen molar-refractivity contribution in [3.8, 4) is 33.4 Å². The van der Waals surface area contributed by atoms with Crippen LogP contribution in [-0.4, -0.2) is 6.98 Å². The van der Waals surface area contributed by atoms with Crippen LogP contribution in [0.25, 0.3) is 33.4 Å². The third kappa shape index (κ3) is 4.64.